The number of fused-ring (bicyclic) bond motifs is 1. The number of nitrogens with two attached hydrogens (primary N) is 1. The summed E-state index contributed by atoms with van der Waals surface area (Å²) < 4.78 is 10.7. The number of anilines is 1. The summed E-state index contributed by atoms with van der Waals surface area (Å²) in [5.41, 5.74) is 6.40. The number of hydrogen-bond donors (Lipinski definition) is 1. The first-order valence-corrected chi connectivity index (χ1v) is 6.29. The van der Waals surface area contributed by atoms with E-state index < -0.39 is 0 Å². The van der Waals surface area contributed by atoms with Crippen LogP contribution in [0.2, 0.25) is 0 Å². The topological polar surface area (TPSA) is 44.5 Å². The van der Waals surface area contributed by atoms with Gasteiger partial charge in [0.1, 0.15) is 0 Å². The van der Waals surface area contributed by atoms with Gasteiger partial charge in [-0.05, 0) is 25.5 Å². The van der Waals surface area contributed by atoms with Crippen molar-refractivity contribution in [2.45, 2.75) is 0 Å². The summed E-state index contributed by atoms with van der Waals surface area (Å²) >= 11 is 0. The van der Waals surface area contributed by atoms with Crippen LogP contribution < -0.4 is 20.5 Å². The third-order valence-corrected chi connectivity index (χ3v) is 3.33. The fourth-order valence-electron chi connectivity index (χ4n) is 1.36. The van der Waals surface area contributed by atoms with Crippen LogP contribution >= 0.6 is 7.92 Å². The van der Waals surface area contributed by atoms with Crippen molar-refractivity contribution in [3.05, 3.63) is 12.1 Å². The summed E-state index contributed by atoms with van der Waals surface area (Å²) in [6.07, 6.45) is 0. The molecule has 0 fully saturated rings. The van der Waals surface area contributed by atoms with E-state index in [1.807, 2.05) is 12.1 Å². The minimum atomic E-state index is -0.171. The second kappa shape index (κ2) is 3.08. The zero-order chi connectivity index (χ0) is 9.42. The Hall–Kier alpha value is -0.950. The predicted octanol–water partition coefficient (Wildman–Crippen LogP) is 1.36. The quantitative estimate of drug-likeness (QED) is 0.546. The molecule has 0 aromatic heterocycles. The zero-order valence-corrected chi connectivity index (χ0v) is 8.60. The molecule has 1 aromatic rings. The Balaban J connectivity index is 2.56. The summed E-state index contributed by atoms with van der Waals surface area (Å²) in [7, 11) is -0.171. The molecule has 4 heteroatoms. The van der Waals surface area contributed by atoms with Crippen molar-refractivity contribution in [1.29, 1.82) is 0 Å². The van der Waals surface area contributed by atoms with E-state index >= 15 is 0 Å². The third-order valence-electron chi connectivity index (χ3n) is 2.01. The first kappa shape index (κ1) is 8.64. The van der Waals surface area contributed by atoms with E-state index in [-0.39, 0.29) is 7.92 Å². The maximum atomic E-state index is 5.74. The fourth-order valence-corrected chi connectivity index (χ4v) is 2.30. The molecule has 0 amide bonds. The molecule has 1 aliphatic heterocycles. The van der Waals surface area contributed by atoms with Crippen LogP contribution in [-0.2, 0) is 0 Å². The second-order valence-electron chi connectivity index (χ2n) is 3.13. The van der Waals surface area contributed by atoms with Crippen molar-refractivity contribution in [2.24, 2.45) is 0 Å². The van der Waals surface area contributed by atoms with Gasteiger partial charge in [-0.1, -0.05) is 7.92 Å². The lowest BCUT2D eigenvalue weighted by Crippen LogP contribution is -2.03. The monoisotopic (exact) mass is 197 g/mol. The Morgan fingerprint density at radius 2 is 1.92 bits per heavy atom. The smallest absolute Gasteiger partial charge is 0.231 e. The fraction of sp³-hybridized carbons (Fsp3) is 0.333. The number of rotatable bonds is 1. The molecule has 0 spiro atoms. The van der Waals surface area contributed by atoms with E-state index in [9.17, 15) is 0 Å². The van der Waals surface area contributed by atoms with Crippen molar-refractivity contribution in [3.63, 3.8) is 0 Å². The molecule has 3 nitrogen and oxygen atoms in total. The van der Waals surface area contributed by atoms with Crippen molar-refractivity contribution in [3.8, 4) is 11.5 Å². The van der Waals surface area contributed by atoms with Crippen LogP contribution in [0.15, 0.2) is 12.1 Å². The van der Waals surface area contributed by atoms with Gasteiger partial charge < -0.3 is 15.2 Å². The summed E-state index contributed by atoms with van der Waals surface area (Å²) in [6, 6.07) is 3.90. The van der Waals surface area contributed by atoms with E-state index in [4.69, 9.17) is 15.2 Å². The molecule has 0 atom stereocenters. The lowest BCUT2D eigenvalue weighted by molar-refractivity contribution is 0.175. The van der Waals surface area contributed by atoms with Crippen LogP contribution in [0.3, 0.4) is 0 Å². The van der Waals surface area contributed by atoms with E-state index in [1.165, 1.54) is 5.30 Å². The molecule has 0 unspecified atom stereocenters. The molecular weight excluding hydrogens is 185 g/mol. The minimum Gasteiger partial charge on any atom is -0.453 e. The van der Waals surface area contributed by atoms with Crippen molar-refractivity contribution in [2.75, 3.05) is 25.9 Å². The third kappa shape index (κ3) is 1.33. The minimum absolute atomic E-state index is 0.171. The zero-order valence-electron chi connectivity index (χ0n) is 7.70. The Bertz CT molecular complexity index is 339. The van der Waals surface area contributed by atoms with E-state index in [2.05, 4.69) is 13.3 Å². The second-order valence-corrected chi connectivity index (χ2v) is 5.40. The van der Waals surface area contributed by atoms with Gasteiger partial charge in [0.2, 0.25) is 6.79 Å². The van der Waals surface area contributed by atoms with Gasteiger partial charge >= 0.3 is 0 Å². The molecule has 0 aliphatic carbocycles. The molecule has 13 heavy (non-hydrogen) atoms. The van der Waals surface area contributed by atoms with Crippen LogP contribution in [0.4, 0.5) is 5.69 Å². The SMILES string of the molecule is CP(C)c1ccc(N)c2c1OCO2. The van der Waals surface area contributed by atoms with Gasteiger partial charge in [-0.15, -0.1) is 0 Å². The summed E-state index contributed by atoms with van der Waals surface area (Å²) in [6.45, 7) is 4.66. The normalized spacial score (nSPS) is 13.8. The predicted molar refractivity (Wildman–Crippen MR) is 55.4 cm³/mol. The Morgan fingerprint density at radius 3 is 2.62 bits per heavy atom. The van der Waals surface area contributed by atoms with Gasteiger partial charge in [-0.2, -0.15) is 0 Å². The van der Waals surface area contributed by atoms with Crippen LogP contribution in [0.5, 0.6) is 11.5 Å². The molecule has 0 saturated heterocycles. The lowest BCUT2D eigenvalue weighted by Gasteiger charge is -2.10. The molecule has 2 N–H and O–H groups in total. The van der Waals surface area contributed by atoms with Gasteiger partial charge in [0.05, 0.1) is 5.69 Å². The summed E-state index contributed by atoms with van der Waals surface area (Å²) in [5, 5.41) is 1.22. The molecular formula is C9H12NO2P. The van der Waals surface area contributed by atoms with Crippen LogP contribution in [0.25, 0.3) is 0 Å². The van der Waals surface area contributed by atoms with Crippen molar-refractivity contribution in [1.82, 2.24) is 0 Å². The van der Waals surface area contributed by atoms with Crippen molar-refractivity contribution < 1.29 is 9.47 Å². The summed E-state index contributed by atoms with van der Waals surface area (Å²) in [4.78, 5) is 0. The maximum Gasteiger partial charge on any atom is 0.231 e. The highest BCUT2D eigenvalue weighted by Gasteiger charge is 2.21. The van der Waals surface area contributed by atoms with Gasteiger partial charge in [-0.25, -0.2) is 0 Å². The molecule has 1 heterocycles. The molecule has 1 aliphatic rings. The van der Waals surface area contributed by atoms with Gasteiger partial charge in [0.25, 0.3) is 0 Å². The number of benzene rings is 1. The average molecular weight is 197 g/mol. The Labute approximate surface area is 78.6 Å². The number of nitrogen functional groups attached to an aromatic ring is 1. The molecule has 0 bridgehead atoms. The van der Waals surface area contributed by atoms with E-state index in [0.29, 0.717) is 18.2 Å². The van der Waals surface area contributed by atoms with Crippen molar-refractivity contribution >= 4 is 18.9 Å². The Morgan fingerprint density at radius 1 is 1.23 bits per heavy atom. The molecule has 0 radical (unpaired) electrons. The average Bonchev–Trinajstić information content (AvgIpc) is 2.53. The lowest BCUT2D eigenvalue weighted by atomic mass is 10.3. The largest absolute Gasteiger partial charge is 0.453 e. The van der Waals surface area contributed by atoms with Crippen LogP contribution in [0, 0.1) is 0 Å². The molecule has 1 aromatic carbocycles. The van der Waals surface area contributed by atoms with Crippen LogP contribution in [-0.4, -0.2) is 20.1 Å². The van der Waals surface area contributed by atoms with Gasteiger partial charge in [-0.3, -0.25) is 0 Å². The van der Waals surface area contributed by atoms with E-state index in [0.717, 1.165) is 5.75 Å². The standard InChI is InChI=1S/C9H12NO2P/c1-13(2)7-4-3-6(10)8-9(7)12-5-11-8/h3-4H,5,10H2,1-2H3. The Kier molecular flexibility index (Phi) is 2.04. The van der Waals surface area contributed by atoms with Gasteiger partial charge in [0.15, 0.2) is 11.5 Å². The van der Waals surface area contributed by atoms with Gasteiger partial charge in [0, 0.05) is 5.30 Å². The van der Waals surface area contributed by atoms with E-state index in [1.54, 1.807) is 0 Å². The summed E-state index contributed by atoms with van der Waals surface area (Å²) in [5.74, 6) is 1.56. The number of ether oxygens (including phenoxy) is 2. The number of hydrogen-bond acceptors (Lipinski definition) is 3. The maximum absolute atomic E-state index is 5.74. The molecule has 2 rings (SSSR count). The van der Waals surface area contributed by atoms with Crippen LogP contribution in [0.1, 0.15) is 0 Å². The highest BCUT2D eigenvalue weighted by atomic mass is 31.1. The first-order valence-electron chi connectivity index (χ1n) is 4.05. The molecule has 70 valence electrons. The first-order chi connectivity index (χ1) is 6.20. The highest BCUT2D eigenvalue weighted by molar-refractivity contribution is 7.64. The molecule has 0 saturated carbocycles. The highest BCUT2D eigenvalue weighted by Crippen LogP contribution is 2.41.